The standard InChI is InChI=1S/C25H13N3O4S2/c29-14-31-18-4-7-27-22(11-18)24-13-19(32-15-30)12-23(28-24)21-9-16(3-6-26-21)1-2-20-10-17-5-8-33-25(17)34-20/h3-15H. The lowest BCUT2D eigenvalue weighted by molar-refractivity contribution is -0.121. The summed E-state index contributed by atoms with van der Waals surface area (Å²) in [4.78, 5) is 36.0. The van der Waals surface area contributed by atoms with Gasteiger partial charge in [-0.3, -0.25) is 19.6 Å². The number of ether oxygens (including phenoxy) is 2. The summed E-state index contributed by atoms with van der Waals surface area (Å²) in [7, 11) is 0. The molecule has 0 unspecified atom stereocenters. The summed E-state index contributed by atoms with van der Waals surface area (Å²) in [5.41, 5.74) is 2.65. The van der Waals surface area contributed by atoms with Crippen molar-refractivity contribution in [3.05, 3.63) is 76.7 Å². The van der Waals surface area contributed by atoms with Gasteiger partial charge in [-0.05, 0) is 35.7 Å². The van der Waals surface area contributed by atoms with Crippen molar-refractivity contribution in [3.63, 3.8) is 0 Å². The Kier molecular flexibility index (Phi) is 6.07. The molecule has 34 heavy (non-hydrogen) atoms. The van der Waals surface area contributed by atoms with Crippen LogP contribution in [0.25, 0.3) is 32.2 Å². The van der Waals surface area contributed by atoms with E-state index in [1.54, 1.807) is 53.1 Å². The Morgan fingerprint density at radius 1 is 0.765 bits per heavy atom. The highest BCUT2D eigenvalue weighted by atomic mass is 32.2. The summed E-state index contributed by atoms with van der Waals surface area (Å²) < 4.78 is 11.2. The van der Waals surface area contributed by atoms with Gasteiger partial charge >= 0.3 is 0 Å². The Labute approximate surface area is 201 Å². The zero-order valence-electron chi connectivity index (χ0n) is 17.3. The van der Waals surface area contributed by atoms with E-state index in [9.17, 15) is 9.59 Å². The molecule has 0 atom stereocenters. The van der Waals surface area contributed by atoms with E-state index in [-0.39, 0.29) is 5.75 Å². The smallest absolute Gasteiger partial charge is 0.298 e. The van der Waals surface area contributed by atoms with Gasteiger partial charge in [0, 0.05) is 41.5 Å². The fourth-order valence-corrected chi connectivity index (χ4v) is 5.14. The first kappa shape index (κ1) is 21.5. The van der Waals surface area contributed by atoms with Gasteiger partial charge in [0.25, 0.3) is 12.9 Å². The van der Waals surface area contributed by atoms with Gasteiger partial charge < -0.3 is 9.47 Å². The van der Waals surface area contributed by atoms with E-state index in [1.165, 1.54) is 15.6 Å². The molecule has 0 radical (unpaired) electrons. The molecule has 0 aromatic carbocycles. The quantitative estimate of drug-likeness (QED) is 0.249. The first-order chi connectivity index (χ1) is 16.7. The van der Waals surface area contributed by atoms with E-state index < -0.39 is 0 Å². The summed E-state index contributed by atoms with van der Waals surface area (Å²) >= 11 is 3.37. The summed E-state index contributed by atoms with van der Waals surface area (Å²) in [6.07, 6.45) is 3.14. The van der Waals surface area contributed by atoms with Gasteiger partial charge in [-0.15, -0.1) is 22.7 Å². The highest BCUT2D eigenvalue weighted by Gasteiger charge is 2.11. The number of pyridine rings is 3. The second kappa shape index (κ2) is 9.62. The minimum absolute atomic E-state index is 0.274. The molecule has 0 saturated carbocycles. The number of hydrogen-bond acceptors (Lipinski definition) is 9. The van der Waals surface area contributed by atoms with E-state index in [0.717, 1.165) is 10.4 Å². The van der Waals surface area contributed by atoms with Gasteiger partial charge in [-0.25, -0.2) is 4.98 Å². The van der Waals surface area contributed by atoms with Crippen LogP contribution in [-0.2, 0) is 9.59 Å². The van der Waals surface area contributed by atoms with Crippen LogP contribution in [0.3, 0.4) is 0 Å². The topological polar surface area (TPSA) is 91.3 Å². The number of hydrogen-bond donors (Lipinski definition) is 0. The maximum absolute atomic E-state index is 11.0. The molecule has 0 spiro atoms. The van der Waals surface area contributed by atoms with Crippen molar-refractivity contribution < 1.29 is 19.1 Å². The van der Waals surface area contributed by atoms with Crippen molar-refractivity contribution in [2.45, 2.75) is 0 Å². The van der Waals surface area contributed by atoms with Crippen LogP contribution < -0.4 is 9.47 Å². The number of aromatic nitrogens is 3. The number of nitrogens with zero attached hydrogens (tertiary/aromatic N) is 3. The molecule has 0 saturated heterocycles. The molecular formula is C25H13N3O4S2. The Bertz CT molecular complexity index is 1550. The average molecular weight is 484 g/mol. The number of carbonyl (C=O) groups is 2. The summed E-state index contributed by atoms with van der Waals surface area (Å²) in [6.45, 7) is 0.670. The molecule has 0 bridgehead atoms. The fraction of sp³-hybridized carbons (Fsp3) is 0. The van der Waals surface area contributed by atoms with Crippen LogP contribution in [0.2, 0.25) is 0 Å². The summed E-state index contributed by atoms with van der Waals surface area (Å²) in [5, 5.41) is 3.27. The van der Waals surface area contributed by atoms with Crippen LogP contribution in [-0.4, -0.2) is 27.9 Å². The summed E-state index contributed by atoms with van der Waals surface area (Å²) in [6, 6.07) is 14.1. The minimum Gasteiger partial charge on any atom is -0.429 e. The molecule has 5 aromatic heterocycles. The number of carbonyl (C=O) groups excluding carboxylic acids is 2. The molecule has 0 aliphatic heterocycles. The zero-order chi connectivity index (χ0) is 23.3. The lowest BCUT2D eigenvalue weighted by atomic mass is 10.1. The van der Waals surface area contributed by atoms with Crippen LogP contribution >= 0.6 is 22.7 Å². The van der Waals surface area contributed by atoms with Crippen molar-refractivity contribution in [1.29, 1.82) is 0 Å². The molecule has 7 nitrogen and oxygen atoms in total. The molecular weight excluding hydrogens is 470 g/mol. The third kappa shape index (κ3) is 4.68. The lowest BCUT2D eigenvalue weighted by Gasteiger charge is -2.08. The van der Waals surface area contributed by atoms with Crippen molar-refractivity contribution in [1.82, 2.24) is 15.0 Å². The first-order valence-electron chi connectivity index (χ1n) is 9.86. The highest BCUT2D eigenvalue weighted by Crippen LogP contribution is 2.30. The van der Waals surface area contributed by atoms with Gasteiger partial charge in [0.15, 0.2) is 0 Å². The number of rotatable bonds is 6. The first-order valence-corrected chi connectivity index (χ1v) is 11.6. The number of thiophene rings is 2. The van der Waals surface area contributed by atoms with E-state index in [1.807, 2.05) is 12.1 Å². The largest absolute Gasteiger partial charge is 0.429 e. The zero-order valence-corrected chi connectivity index (χ0v) is 18.9. The normalized spacial score (nSPS) is 10.4. The van der Waals surface area contributed by atoms with Gasteiger partial charge in [0.05, 0.1) is 31.7 Å². The van der Waals surface area contributed by atoms with E-state index in [2.05, 4.69) is 44.3 Å². The monoisotopic (exact) mass is 483 g/mol. The summed E-state index contributed by atoms with van der Waals surface area (Å²) in [5.74, 6) is 6.97. The molecule has 9 heteroatoms. The third-order valence-electron chi connectivity index (χ3n) is 4.66. The van der Waals surface area contributed by atoms with Crippen molar-refractivity contribution in [2.75, 3.05) is 0 Å². The van der Waals surface area contributed by atoms with Gasteiger partial charge in [0.1, 0.15) is 11.5 Å². The van der Waals surface area contributed by atoms with Crippen LogP contribution in [0.1, 0.15) is 10.4 Å². The molecule has 5 aromatic rings. The van der Waals surface area contributed by atoms with E-state index in [0.29, 0.717) is 41.5 Å². The van der Waals surface area contributed by atoms with Gasteiger partial charge in [-0.1, -0.05) is 11.8 Å². The van der Waals surface area contributed by atoms with Crippen LogP contribution in [0.4, 0.5) is 0 Å². The van der Waals surface area contributed by atoms with Crippen molar-refractivity contribution >= 4 is 45.0 Å². The Balaban J connectivity index is 1.51. The van der Waals surface area contributed by atoms with Crippen molar-refractivity contribution in [3.8, 4) is 46.1 Å². The van der Waals surface area contributed by atoms with Gasteiger partial charge in [-0.2, -0.15) is 0 Å². The van der Waals surface area contributed by atoms with E-state index >= 15 is 0 Å². The molecule has 0 N–H and O–H groups in total. The van der Waals surface area contributed by atoms with E-state index in [4.69, 9.17) is 9.47 Å². The minimum atomic E-state index is 0.274. The third-order valence-corrected chi connectivity index (χ3v) is 6.78. The van der Waals surface area contributed by atoms with Crippen LogP contribution in [0, 0.1) is 11.8 Å². The highest BCUT2D eigenvalue weighted by molar-refractivity contribution is 7.37. The Morgan fingerprint density at radius 3 is 2.24 bits per heavy atom. The molecule has 0 aliphatic rings. The molecule has 5 rings (SSSR count). The fourth-order valence-electron chi connectivity index (χ4n) is 3.18. The maximum atomic E-state index is 11.0. The van der Waals surface area contributed by atoms with Gasteiger partial charge in [0.2, 0.25) is 0 Å². The second-order valence-corrected chi connectivity index (χ2v) is 9.06. The maximum Gasteiger partial charge on any atom is 0.298 e. The van der Waals surface area contributed by atoms with Crippen molar-refractivity contribution in [2.24, 2.45) is 0 Å². The molecule has 164 valence electrons. The molecule has 0 amide bonds. The average Bonchev–Trinajstić information content (AvgIpc) is 3.46. The predicted molar refractivity (Wildman–Crippen MR) is 130 cm³/mol. The number of fused-ring (bicyclic) bond motifs is 1. The molecule has 0 fully saturated rings. The van der Waals surface area contributed by atoms with Crippen LogP contribution in [0.15, 0.2) is 66.3 Å². The molecule has 0 aliphatic carbocycles. The lowest BCUT2D eigenvalue weighted by Crippen LogP contribution is -1.97. The second-order valence-electron chi connectivity index (χ2n) is 6.83. The molecule has 5 heterocycles. The Morgan fingerprint density at radius 2 is 1.47 bits per heavy atom. The Hall–Kier alpha value is -4.39. The van der Waals surface area contributed by atoms with Crippen LogP contribution in [0.5, 0.6) is 11.5 Å². The predicted octanol–water partition coefficient (Wildman–Crippen LogP) is 4.95. The SMILES string of the molecule is O=COc1ccnc(-c2cc(OC=O)cc(-c3cc(C#Cc4cc5ccsc5s4)ccn3)n2)c1.